The summed E-state index contributed by atoms with van der Waals surface area (Å²) in [6.07, 6.45) is -4.14. The van der Waals surface area contributed by atoms with Crippen LogP contribution < -0.4 is 10.0 Å². The maximum Gasteiger partial charge on any atom is 0.490 e. The molecule has 14 heteroatoms. The summed E-state index contributed by atoms with van der Waals surface area (Å²) in [5.74, 6) is -3.36. The molecule has 1 atom stereocenters. The summed E-state index contributed by atoms with van der Waals surface area (Å²) in [7, 11) is -4.04. The van der Waals surface area contributed by atoms with Crippen LogP contribution in [0.25, 0.3) is 0 Å². The number of aliphatic carboxylic acids is 1. The molecule has 0 bridgehead atoms. The number of carboxylic acid groups (broad SMARTS) is 1. The molecule has 1 fully saturated rings. The summed E-state index contributed by atoms with van der Waals surface area (Å²) in [6.45, 7) is 4.46. The Morgan fingerprint density at radius 1 is 1.24 bits per heavy atom. The first kappa shape index (κ1) is 28.3. The van der Waals surface area contributed by atoms with E-state index in [0.717, 1.165) is 26.1 Å². The number of aryl methyl sites for hydroxylation is 1. The van der Waals surface area contributed by atoms with E-state index < -0.39 is 28.0 Å². The van der Waals surface area contributed by atoms with Crippen LogP contribution in [0.5, 0.6) is 0 Å². The fourth-order valence-electron chi connectivity index (χ4n) is 3.63. The van der Waals surface area contributed by atoms with Gasteiger partial charge in [0.1, 0.15) is 10.7 Å². The molecule has 0 amide bonds. The zero-order valence-corrected chi connectivity index (χ0v) is 21.1. The summed E-state index contributed by atoms with van der Waals surface area (Å²) in [6, 6.07) is 13.1. The summed E-state index contributed by atoms with van der Waals surface area (Å²) in [5.41, 5.74) is 4.07. The molecule has 3 aromatic rings. The zero-order valence-electron chi connectivity index (χ0n) is 19.5. The van der Waals surface area contributed by atoms with E-state index in [1.54, 1.807) is 12.3 Å². The minimum absolute atomic E-state index is 0.183. The fourth-order valence-corrected chi connectivity index (χ4v) is 5.33. The molecule has 4 rings (SSSR count). The molecule has 37 heavy (non-hydrogen) atoms. The molecule has 2 heterocycles. The predicted molar refractivity (Wildman–Crippen MR) is 131 cm³/mol. The number of carboxylic acids is 1. The molecule has 200 valence electrons. The number of thiazole rings is 1. The maximum absolute atomic E-state index is 14.7. The zero-order chi connectivity index (χ0) is 27.2. The van der Waals surface area contributed by atoms with Crippen molar-refractivity contribution in [2.45, 2.75) is 37.0 Å². The number of rotatable bonds is 7. The van der Waals surface area contributed by atoms with Crippen molar-refractivity contribution in [1.82, 2.24) is 9.88 Å². The van der Waals surface area contributed by atoms with E-state index in [-0.39, 0.29) is 16.8 Å². The monoisotopic (exact) mass is 560 g/mol. The Bertz CT molecular complexity index is 1300. The lowest BCUT2D eigenvalue weighted by Crippen LogP contribution is -2.26. The molecular formula is C23H24F4N4O4S2. The summed E-state index contributed by atoms with van der Waals surface area (Å²) in [4.78, 5) is 14.8. The Morgan fingerprint density at radius 3 is 2.51 bits per heavy atom. The molecule has 2 aromatic carbocycles. The number of halogens is 4. The maximum atomic E-state index is 14.7. The molecule has 1 saturated heterocycles. The van der Waals surface area contributed by atoms with E-state index in [2.05, 4.69) is 32.1 Å². The Morgan fingerprint density at radius 2 is 1.92 bits per heavy atom. The van der Waals surface area contributed by atoms with Crippen LogP contribution in [0.2, 0.25) is 0 Å². The van der Waals surface area contributed by atoms with E-state index in [1.807, 2.05) is 18.2 Å². The van der Waals surface area contributed by atoms with Crippen molar-refractivity contribution in [2.75, 3.05) is 23.1 Å². The van der Waals surface area contributed by atoms with Gasteiger partial charge in [-0.05, 0) is 36.6 Å². The van der Waals surface area contributed by atoms with Crippen LogP contribution >= 0.6 is 11.3 Å². The first-order chi connectivity index (χ1) is 17.3. The van der Waals surface area contributed by atoms with E-state index >= 15 is 0 Å². The largest absolute Gasteiger partial charge is 0.490 e. The number of hydrogen-bond acceptors (Lipinski definition) is 7. The van der Waals surface area contributed by atoms with E-state index in [4.69, 9.17) is 9.90 Å². The second-order valence-electron chi connectivity index (χ2n) is 8.23. The third kappa shape index (κ3) is 8.13. The fraction of sp³-hybridized carbons (Fsp3) is 0.304. The normalized spacial score (nSPS) is 16.1. The van der Waals surface area contributed by atoms with Crippen LogP contribution in [-0.2, 0) is 21.4 Å². The van der Waals surface area contributed by atoms with Crippen molar-refractivity contribution < 1.29 is 35.9 Å². The molecule has 1 aliphatic heterocycles. The number of benzene rings is 2. The van der Waals surface area contributed by atoms with Crippen LogP contribution in [0, 0.1) is 12.7 Å². The van der Waals surface area contributed by atoms with Crippen molar-refractivity contribution in [3.8, 4) is 0 Å². The molecule has 0 aliphatic carbocycles. The highest BCUT2D eigenvalue weighted by Gasteiger charge is 2.38. The molecule has 0 saturated carbocycles. The third-order valence-corrected chi connectivity index (χ3v) is 7.32. The van der Waals surface area contributed by atoms with Crippen molar-refractivity contribution in [2.24, 2.45) is 0 Å². The molecule has 1 aliphatic rings. The minimum Gasteiger partial charge on any atom is -0.475 e. The Labute approximate surface area is 215 Å². The van der Waals surface area contributed by atoms with E-state index in [1.165, 1.54) is 34.5 Å². The molecule has 1 unspecified atom stereocenters. The van der Waals surface area contributed by atoms with E-state index in [9.17, 15) is 26.0 Å². The van der Waals surface area contributed by atoms with Gasteiger partial charge in [0, 0.05) is 36.7 Å². The van der Waals surface area contributed by atoms with Gasteiger partial charge in [0.25, 0.3) is 10.0 Å². The van der Waals surface area contributed by atoms with Gasteiger partial charge in [-0.1, -0.05) is 30.3 Å². The highest BCUT2D eigenvalue weighted by molar-refractivity contribution is 7.92. The first-order valence-corrected chi connectivity index (χ1v) is 13.3. The molecule has 8 nitrogen and oxygen atoms in total. The molecule has 1 aromatic heterocycles. The Hall–Kier alpha value is -3.23. The molecule has 0 spiro atoms. The van der Waals surface area contributed by atoms with Gasteiger partial charge in [0.2, 0.25) is 0 Å². The second-order valence-corrected chi connectivity index (χ2v) is 10.6. The van der Waals surface area contributed by atoms with Gasteiger partial charge in [0.05, 0.1) is 5.51 Å². The molecular weight excluding hydrogens is 536 g/mol. The Kier molecular flexibility index (Phi) is 9.10. The van der Waals surface area contributed by atoms with Crippen molar-refractivity contribution in [1.29, 1.82) is 0 Å². The van der Waals surface area contributed by atoms with Gasteiger partial charge in [-0.2, -0.15) is 13.2 Å². The highest BCUT2D eigenvalue weighted by atomic mass is 32.2. The van der Waals surface area contributed by atoms with Gasteiger partial charge in [-0.3, -0.25) is 9.62 Å². The van der Waals surface area contributed by atoms with Gasteiger partial charge in [-0.25, -0.2) is 22.6 Å². The van der Waals surface area contributed by atoms with Crippen molar-refractivity contribution in [3.05, 3.63) is 70.3 Å². The standard InChI is InChI=1S/C21H23FN4O2S2.C2HF3O2/c1-15-9-20(30(27,28)25-21-13-29-14-23-21)18(22)10-19(15)24-17-7-8-26(12-17)11-16-5-3-2-4-6-16;3-2(4,5)1(6)7/h2-6,9-10,13-14,17,24-25H,7-8,11-12H2,1H3;(H,6,7). The number of nitrogens with one attached hydrogen (secondary N) is 2. The van der Waals surface area contributed by atoms with Gasteiger partial charge in [0.15, 0.2) is 5.82 Å². The van der Waals surface area contributed by atoms with Crippen LogP contribution in [0.3, 0.4) is 0 Å². The highest BCUT2D eigenvalue weighted by Crippen LogP contribution is 2.27. The molecule has 3 N–H and O–H groups in total. The number of alkyl halides is 3. The number of nitrogens with zero attached hydrogens (tertiary/aromatic N) is 2. The number of likely N-dealkylation sites (tertiary alicyclic amines) is 1. The topological polar surface area (TPSA) is 112 Å². The summed E-state index contributed by atoms with van der Waals surface area (Å²) >= 11 is 1.26. The summed E-state index contributed by atoms with van der Waals surface area (Å²) < 4.78 is 73.8. The van der Waals surface area contributed by atoms with Gasteiger partial charge in [-0.15, -0.1) is 11.3 Å². The lowest BCUT2D eigenvalue weighted by molar-refractivity contribution is -0.192. The van der Waals surface area contributed by atoms with Crippen LogP contribution in [0.15, 0.2) is 58.3 Å². The minimum atomic E-state index is -5.08. The quantitative estimate of drug-likeness (QED) is 0.359. The van der Waals surface area contributed by atoms with Gasteiger partial charge < -0.3 is 10.4 Å². The average molecular weight is 561 g/mol. The second kappa shape index (κ2) is 11.9. The number of aromatic nitrogens is 1. The van der Waals surface area contributed by atoms with Crippen molar-refractivity contribution in [3.63, 3.8) is 0 Å². The van der Waals surface area contributed by atoms with E-state index in [0.29, 0.717) is 11.3 Å². The van der Waals surface area contributed by atoms with Crippen LogP contribution in [-0.4, -0.2) is 54.7 Å². The average Bonchev–Trinajstić information content (AvgIpc) is 3.48. The number of sulfonamides is 1. The van der Waals surface area contributed by atoms with Crippen LogP contribution in [0.1, 0.15) is 17.5 Å². The van der Waals surface area contributed by atoms with Crippen molar-refractivity contribution >= 4 is 38.8 Å². The van der Waals surface area contributed by atoms with Crippen LogP contribution in [0.4, 0.5) is 29.1 Å². The smallest absolute Gasteiger partial charge is 0.475 e. The number of anilines is 2. The lowest BCUT2D eigenvalue weighted by atomic mass is 10.1. The first-order valence-electron chi connectivity index (χ1n) is 10.9. The number of hydrogen-bond donors (Lipinski definition) is 3. The predicted octanol–water partition coefficient (Wildman–Crippen LogP) is 4.71. The summed E-state index contributed by atoms with van der Waals surface area (Å²) in [5, 5.41) is 12.1. The lowest BCUT2D eigenvalue weighted by Gasteiger charge is -2.19. The number of carbonyl (C=O) groups is 1. The molecule has 0 radical (unpaired) electrons. The Balaban J connectivity index is 0.000000479. The third-order valence-electron chi connectivity index (χ3n) is 5.36. The van der Waals surface area contributed by atoms with Gasteiger partial charge >= 0.3 is 12.1 Å². The SMILES string of the molecule is Cc1cc(S(=O)(=O)Nc2cscn2)c(F)cc1NC1CCN(Cc2ccccc2)C1.O=C(O)C(F)(F)F.